The molecule has 4 heterocycles. The standard InChI is InChI=1S/C18H17N5O7.C9H14N4O3.C9H5NO5.CH4/c1-22-9-14(20-16(22)18(26)19-6-5-15(24)29-2)21-17(25)13-8-10-7-11(23(27)28)3-4-12(10)30-13;1-13-5-6(10)12-8(13)9(15)11-4-3-7(14)16-2;11-9(12)8-4-5-3-6(10(13)14)1-2-7(5)15-8;/h3-4,7-9H,5-6H2,1-2H3,(H,19,26)(H,21,25);5H,3-4,10H2,1-2H3,(H,11,15);1-4H,(H,11,12);1H4. The van der Waals surface area contributed by atoms with E-state index in [4.69, 9.17) is 19.7 Å². The van der Waals surface area contributed by atoms with E-state index in [1.165, 1.54) is 84.3 Å². The second kappa shape index (κ2) is 21.4. The first-order valence-corrected chi connectivity index (χ1v) is 17.3. The molecule has 3 amide bonds. The number of imidazole rings is 2. The molecule has 0 unspecified atom stereocenters. The number of nitrogens with two attached hydrogens (primary N) is 1. The summed E-state index contributed by atoms with van der Waals surface area (Å²) >= 11 is 0. The number of anilines is 2. The Balaban J connectivity index is 0.000000270. The van der Waals surface area contributed by atoms with Crippen LogP contribution in [0.3, 0.4) is 0 Å². The lowest BCUT2D eigenvalue weighted by Gasteiger charge is -2.03. The molecule has 0 aliphatic rings. The van der Waals surface area contributed by atoms with Crippen molar-refractivity contribution in [3.8, 4) is 0 Å². The van der Waals surface area contributed by atoms with Crippen LogP contribution < -0.4 is 21.7 Å². The SMILES string of the molecule is C.COC(=O)CCNC(=O)c1nc(N)cn1C.COC(=O)CCNC(=O)c1nc(NC(=O)c2cc3cc([N+](=O)[O-])ccc3o2)cn1C.O=C(O)c1cc2cc([N+](=O)[O-])ccc2o1. The number of benzene rings is 2. The Bertz CT molecular complexity index is 2630. The normalized spacial score (nSPS) is 10.2. The summed E-state index contributed by atoms with van der Waals surface area (Å²) in [4.78, 5) is 96.7. The maximum Gasteiger partial charge on any atom is 0.371 e. The molecule has 6 aromatic rings. The lowest BCUT2D eigenvalue weighted by atomic mass is 10.2. The van der Waals surface area contributed by atoms with Crippen molar-refractivity contribution in [1.29, 1.82) is 0 Å². The van der Waals surface area contributed by atoms with Crippen molar-refractivity contribution >= 4 is 80.6 Å². The average Bonchev–Trinajstić information content (AvgIpc) is 4.01. The number of hydrogen-bond donors (Lipinski definition) is 5. The molecule has 0 fully saturated rings. The van der Waals surface area contributed by atoms with E-state index in [1.54, 1.807) is 14.1 Å². The Hall–Kier alpha value is -8.64. The molecule has 0 bridgehead atoms. The van der Waals surface area contributed by atoms with Gasteiger partial charge in [-0.05, 0) is 24.3 Å². The third kappa shape index (κ3) is 12.7. The molecule has 4 aromatic heterocycles. The molecule has 0 aliphatic heterocycles. The first kappa shape index (κ1) is 47.7. The predicted octanol–water partition coefficient (Wildman–Crippen LogP) is 3.59. The Morgan fingerprint density at radius 1 is 0.726 bits per heavy atom. The minimum atomic E-state index is -1.20. The molecule has 0 atom stereocenters. The molecule has 25 nitrogen and oxygen atoms in total. The number of nitrogens with zero attached hydrogens (tertiary/aromatic N) is 6. The van der Waals surface area contributed by atoms with Gasteiger partial charge in [-0.25, -0.2) is 14.8 Å². The van der Waals surface area contributed by atoms with Crippen LogP contribution in [0.15, 0.2) is 69.8 Å². The number of nitrogens with one attached hydrogen (secondary N) is 3. The molecule has 0 radical (unpaired) electrons. The minimum absolute atomic E-state index is 0. The number of nitro groups is 2. The van der Waals surface area contributed by atoms with Gasteiger partial charge in [-0.1, -0.05) is 7.43 Å². The summed E-state index contributed by atoms with van der Waals surface area (Å²) in [6.45, 7) is 0.281. The van der Waals surface area contributed by atoms with E-state index in [2.05, 4.69) is 35.4 Å². The van der Waals surface area contributed by atoms with E-state index < -0.39 is 33.6 Å². The Labute approximate surface area is 349 Å². The smallest absolute Gasteiger partial charge is 0.371 e. The van der Waals surface area contributed by atoms with E-state index >= 15 is 0 Å². The maximum atomic E-state index is 12.4. The van der Waals surface area contributed by atoms with Gasteiger partial charge in [-0.2, -0.15) is 0 Å². The van der Waals surface area contributed by atoms with E-state index in [0.717, 1.165) is 0 Å². The van der Waals surface area contributed by atoms with Crippen molar-refractivity contribution in [1.82, 2.24) is 29.7 Å². The molecule has 6 N–H and O–H groups in total. The number of carboxylic acids is 1. The van der Waals surface area contributed by atoms with Gasteiger partial charge in [-0.3, -0.25) is 44.2 Å². The van der Waals surface area contributed by atoms with Gasteiger partial charge >= 0.3 is 17.9 Å². The lowest BCUT2D eigenvalue weighted by Crippen LogP contribution is -2.28. The number of carboxylic acid groups (broad SMARTS) is 1. The highest BCUT2D eigenvalue weighted by Gasteiger charge is 2.20. The molecule has 328 valence electrons. The van der Waals surface area contributed by atoms with E-state index in [9.17, 15) is 49.0 Å². The molecular weight excluding hydrogens is 824 g/mol. The maximum absolute atomic E-state index is 12.4. The number of fused-ring (bicyclic) bond motifs is 2. The number of furan rings is 2. The van der Waals surface area contributed by atoms with Crippen LogP contribution in [0.5, 0.6) is 0 Å². The zero-order valence-corrected chi connectivity index (χ0v) is 32.5. The summed E-state index contributed by atoms with van der Waals surface area (Å²) in [6, 6.07) is 10.5. The summed E-state index contributed by atoms with van der Waals surface area (Å²) in [5, 5.41) is 38.3. The van der Waals surface area contributed by atoms with Gasteiger partial charge in [0.15, 0.2) is 11.6 Å². The van der Waals surface area contributed by atoms with Gasteiger partial charge in [-0.15, -0.1) is 0 Å². The van der Waals surface area contributed by atoms with E-state index in [0.29, 0.717) is 21.9 Å². The van der Waals surface area contributed by atoms with Gasteiger partial charge in [0, 0.05) is 74.6 Å². The highest BCUT2D eigenvalue weighted by molar-refractivity contribution is 6.04. The number of nitrogen functional groups attached to an aromatic ring is 1. The average molecular weight is 865 g/mol. The molecular formula is C37H40N10O15. The first-order chi connectivity index (χ1) is 28.9. The molecule has 2 aromatic carbocycles. The second-order valence-electron chi connectivity index (χ2n) is 12.3. The number of aryl methyl sites for hydroxylation is 2. The van der Waals surface area contributed by atoms with Crippen molar-refractivity contribution in [3.05, 3.63) is 104 Å². The van der Waals surface area contributed by atoms with Gasteiger partial charge in [0.05, 0.1) is 36.9 Å². The number of ether oxygens (including phenoxy) is 2. The fraction of sp³-hybridized carbons (Fsp3) is 0.243. The van der Waals surface area contributed by atoms with Crippen LogP contribution in [0.1, 0.15) is 62.6 Å². The fourth-order valence-electron chi connectivity index (χ4n) is 5.04. The highest BCUT2D eigenvalue weighted by atomic mass is 16.6. The van der Waals surface area contributed by atoms with Gasteiger partial charge in [0.1, 0.15) is 17.0 Å². The van der Waals surface area contributed by atoms with Crippen LogP contribution in [0.25, 0.3) is 21.9 Å². The van der Waals surface area contributed by atoms with Gasteiger partial charge < -0.3 is 54.2 Å². The number of nitro benzene ring substituents is 2. The topological polar surface area (TPSA) is 351 Å². The summed E-state index contributed by atoms with van der Waals surface area (Å²) in [5.41, 5.74) is 5.84. The molecule has 0 spiro atoms. The zero-order valence-electron chi connectivity index (χ0n) is 32.5. The molecule has 0 saturated carbocycles. The quantitative estimate of drug-likeness (QED) is 0.0629. The molecule has 0 aliphatic carbocycles. The summed E-state index contributed by atoms with van der Waals surface area (Å²) < 4.78 is 22.2. The van der Waals surface area contributed by atoms with Crippen LogP contribution in [-0.2, 0) is 33.2 Å². The van der Waals surface area contributed by atoms with Crippen LogP contribution >= 0.6 is 0 Å². The number of methoxy groups -OCH3 is 2. The van der Waals surface area contributed by atoms with Crippen LogP contribution in [0, 0.1) is 20.2 Å². The second-order valence-corrected chi connectivity index (χ2v) is 12.3. The number of amides is 3. The third-order valence-corrected chi connectivity index (χ3v) is 7.96. The summed E-state index contributed by atoms with van der Waals surface area (Å²) in [7, 11) is 5.78. The summed E-state index contributed by atoms with van der Waals surface area (Å²) in [6.07, 6.45) is 3.11. The van der Waals surface area contributed by atoms with Crippen LogP contribution in [0.4, 0.5) is 23.0 Å². The summed E-state index contributed by atoms with van der Waals surface area (Å²) in [5.74, 6) is -3.26. The zero-order chi connectivity index (χ0) is 45.0. The Morgan fingerprint density at radius 2 is 1.18 bits per heavy atom. The minimum Gasteiger partial charge on any atom is -0.475 e. The molecule has 0 saturated heterocycles. The van der Waals surface area contributed by atoms with Crippen LogP contribution in [-0.4, -0.2) is 97.0 Å². The Morgan fingerprint density at radius 3 is 1.61 bits per heavy atom. The van der Waals surface area contributed by atoms with E-state index in [1.807, 2.05) is 0 Å². The predicted molar refractivity (Wildman–Crippen MR) is 216 cm³/mol. The lowest BCUT2D eigenvalue weighted by molar-refractivity contribution is -0.384. The monoisotopic (exact) mass is 864 g/mol. The van der Waals surface area contributed by atoms with Crippen molar-refractivity contribution in [2.75, 3.05) is 38.4 Å². The molecule has 6 rings (SSSR count). The number of aromatic nitrogens is 4. The van der Waals surface area contributed by atoms with Crippen molar-refractivity contribution < 1.29 is 62.0 Å². The largest absolute Gasteiger partial charge is 0.475 e. The first-order valence-electron chi connectivity index (χ1n) is 17.3. The molecule has 25 heteroatoms. The fourth-order valence-corrected chi connectivity index (χ4v) is 5.04. The van der Waals surface area contributed by atoms with E-state index in [-0.39, 0.29) is 91.4 Å². The van der Waals surface area contributed by atoms with Gasteiger partial charge in [0.2, 0.25) is 17.4 Å². The Kier molecular flexibility index (Phi) is 16.5. The number of hydrogen-bond acceptors (Lipinski definition) is 17. The number of carbonyl (C=O) groups is 6. The van der Waals surface area contributed by atoms with Gasteiger partial charge in [0.25, 0.3) is 29.1 Å². The number of rotatable bonds is 13. The third-order valence-electron chi connectivity index (χ3n) is 7.96. The number of non-ortho nitro benzene ring substituents is 2. The number of esters is 2. The number of aromatic carboxylic acids is 1. The molecule has 62 heavy (non-hydrogen) atoms. The van der Waals surface area contributed by atoms with Crippen molar-refractivity contribution in [2.45, 2.75) is 20.3 Å². The van der Waals surface area contributed by atoms with Crippen LogP contribution in [0.2, 0.25) is 0 Å². The highest BCUT2D eigenvalue weighted by Crippen LogP contribution is 2.26. The van der Waals surface area contributed by atoms with Crippen molar-refractivity contribution in [3.63, 3.8) is 0 Å². The number of carbonyl (C=O) groups excluding carboxylic acids is 5. The van der Waals surface area contributed by atoms with Crippen molar-refractivity contribution in [2.24, 2.45) is 14.1 Å².